The molecule has 6 heteroatoms. The van der Waals surface area contributed by atoms with Gasteiger partial charge in [0, 0.05) is 5.56 Å². The Morgan fingerprint density at radius 2 is 1.46 bits per heavy atom. The van der Waals surface area contributed by atoms with Gasteiger partial charge in [0.1, 0.15) is 0 Å². The van der Waals surface area contributed by atoms with Crippen LogP contribution >= 0.6 is 0 Å². The first-order chi connectivity index (χ1) is 12.5. The number of rotatable bonds is 6. The van der Waals surface area contributed by atoms with Gasteiger partial charge >= 0.3 is 5.97 Å². The Hall–Kier alpha value is -3.67. The number of esters is 1. The summed E-state index contributed by atoms with van der Waals surface area (Å²) in [6, 6.07) is 12.7. The van der Waals surface area contributed by atoms with Crippen LogP contribution in [0.15, 0.2) is 60.9 Å². The van der Waals surface area contributed by atoms with E-state index in [0.29, 0.717) is 23.0 Å². The third-order valence-corrected chi connectivity index (χ3v) is 3.63. The first kappa shape index (κ1) is 18.7. The van der Waals surface area contributed by atoms with Crippen LogP contribution < -0.4 is 5.73 Å². The number of ketones is 1. The Balaban J connectivity index is 2.10. The van der Waals surface area contributed by atoms with Crippen LogP contribution in [0.3, 0.4) is 0 Å². The summed E-state index contributed by atoms with van der Waals surface area (Å²) < 4.78 is 4.60. The van der Waals surface area contributed by atoms with E-state index in [1.807, 2.05) is 0 Å². The van der Waals surface area contributed by atoms with Crippen LogP contribution in [0, 0.1) is 0 Å². The minimum Gasteiger partial charge on any atom is -0.515 e. The number of benzene rings is 2. The fourth-order valence-electron chi connectivity index (χ4n) is 2.21. The van der Waals surface area contributed by atoms with Crippen LogP contribution in [0.5, 0.6) is 0 Å². The number of carbonyl (C=O) groups excluding carboxylic acids is 3. The van der Waals surface area contributed by atoms with Crippen molar-refractivity contribution in [3.8, 4) is 0 Å². The number of methoxy groups -OCH3 is 1. The van der Waals surface area contributed by atoms with Gasteiger partial charge in [-0.1, -0.05) is 42.5 Å². The second-order valence-corrected chi connectivity index (χ2v) is 5.30. The summed E-state index contributed by atoms with van der Waals surface area (Å²) in [5.41, 5.74) is 7.17. The molecular weight excluding hydrogens is 334 g/mol. The highest BCUT2D eigenvalue weighted by atomic mass is 16.5. The molecule has 26 heavy (non-hydrogen) atoms. The van der Waals surface area contributed by atoms with Gasteiger partial charge in [0.25, 0.3) is 5.91 Å². The van der Waals surface area contributed by atoms with Gasteiger partial charge < -0.3 is 15.6 Å². The standard InChI is InChI=1S/C20H17NO5/c1-26-20(25)16-9-7-15(8-10-16)18(23)11-4-13-2-5-14(6-3-13)17(12-22)19(21)24/h2-12,22H,1H3,(H2,21,24). The predicted octanol–water partition coefficient (Wildman–Crippen LogP) is 2.75. The summed E-state index contributed by atoms with van der Waals surface area (Å²) in [7, 11) is 1.29. The number of allylic oxidation sites excluding steroid dienone is 1. The molecular formula is C20H17NO5. The smallest absolute Gasteiger partial charge is 0.337 e. The molecule has 0 bridgehead atoms. The van der Waals surface area contributed by atoms with Crippen molar-refractivity contribution in [2.45, 2.75) is 0 Å². The molecule has 0 radical (unpaired) electrons. The third kappa shape index (κ3) is 4.45. The lowest BCUT2D eigenvalue weighted by molar-refractivity contribution is -0.112. The first-order valence-electron chi connectivity index (χ1n) is 7.61. The Kier molecular flexibility index (Phi) is 6.06. The van der Waals surface area contributed by atoms with Gasteiger partial charge in [-0.3, -0.25) is 9.59 Å². The average Bonchev–Trinajstić information content (AvgIpc) is 2.67. The maximum atomic E-state index is 12.2. The second-order valence-electron chi connectivity index (χ2n) is 5.30. The summed E-state index contributed by atoms with van der Waals surface area (Å²) in [5.74, 6) is -1.42. The average molecular weight is 351 g/mol. The molecule has 0 fully saturated rings. The Morgan fingerprint density at radius 3 is 1.96 bits per heavy atom. The van der Waals surface area contributed by atoms with Crippen molar-refractivity contribution in [2.24, 2.45) is 5.73 Å². The van der Waals surface area contributed by atoms with Crippen LogP contribution in [-0.2, 0) is 9.53 Å². The second kappa shape index (κ2) is 8.43. The first-order valence-corrected chi connectivity index (χ1v) is 7.61. The summed E-state index contributed by atoms with van der Waals surface area (Å²) in [6.45, 7) is 0. The summed E-state index contributed by atoms with van der Waals surface area (Å²) in [4.78, 5) is 34.7. The number of nitrogens with two attached hydrogens (primary N) is 1. The quantitative estimate of drug-likeness (QED) is 0.360. The molecule has 0 aliphatic carbocycles. The SMILES string of the molecule is COC(=O)c1ccc(C(=O)C=Cc2ccc(C(=CO)C(N)=O)cc2)cc1. The van der Waals surface area contributed by atoms with Gasteiger partial charge in [0.2, 0.25) is 0 Å². The molecule has 0 aromatic heterocycles. The fourth-order valence-corrected chi connectivity index (χ4v) is 2.21. The lowest BCUT2D eigenvalue weighted by Gasteiger charge is -2.02. The molecule has 0 saturated carbocycles. The van der Waals surface area contributed by atoms with Crippen molar-refractivity contribution in [1.82, 2.24) is 0 Å². The Bertz CT molecular complexity index is 877. The third-order valence-electron chi connectivity index (χ3n) is 3.63. The van der Waals surface area contributed by atoms with Gasteiger partial charge in [0.05, 0.1) is 24.5 Å². The van der Waals surface area contributed by atoms with Crippen molar-refractivity contribution in [2.75, 3.05) is 7.11 Å². The van der Waals surface area contributed by atoms with E-state index in [4.69, 9.17) is 10.8 Å². The van der Waals surface area contributed by atoms with Crippen molar-refractivity contribution >= 4 is 29.3 Å². The number of primary amides is 1. The number of amides is 1. The number of hydrogen-bond donors (Lipinski definition) is 2. The lowest BCUT2D eigenvalue weighted by Crippen LogP contribution is -2.12. The number of aliphatic hydroxyl groups excluding tert-OH is 1. The molecule has 2 rings (SSSR count). The largest absolute Gasteiger partial charge is 0.515 e. The molecule has 3 N–H and O–H groups in total. The Labute approximate surface area is 150 Å². The molecule has 0 aliphatic heterocycles. The maximum absolute atomic E-state index is 12.2. The maximum Gasteiger partial charge on any atom is 0.337 e. The van der Waals surface area contributed by atoms with E-state index < -0.39 is 11.9 Å². The van der Waals surface area contributed by atoms with E-state index in [1.54, 1.807) is 42.5 Å². The summed E-state index contributed by atoms with van der Waals surface area (Å²) in [5, 5.41) is 9.04. The van der Waals surface area contributed by atoms with E-state index in [0.717, 1.165) is 5.56 Å². The highest BCUT2D eigenvalue weighted by Crippen LogP contribution is 2.15. The van der Waals surface area contributed by atoms with Gasteiger partial charge in [-0.25, -0.2) is 4.79 Å². The van der Waals surface area contributed by atoms with E-state index in [9.17, 15) is 14.4 Å². The van der Waals surface area contributed by atoms with E-state index >= 15 is 0 Å². The van der Waals surface area contributed by atoms with Gasteiger partial charge in [-0.2, -0.15) is 0 Å². The normalized spacial score (nSPS) is 11.3. The summed E-state index contributed by atoms with van der Waals surface area (Å²) >= 11 is 0. The van der Waals surface area contributed by atoms with Crippen molar-refractivity contribution in [3.05, 3.63) is 83.1 Å². The highest BCUT2D eigenvalue weighted by molar-refractivity contribution is 6.18. The zero-order valence-corrected chi connectivity index (χ0v) is 14.0. The molecule has 0 aliphatic rings. The highest BCUT2D eigenvalue weighted by Gasteiger charge is 2.08. The number of ether oxygens (including phenoxy) is 1. The number of hydrogen-bond acceptors (Lipinski definition) is 5. The zero-order valence-electron chi connectivity index (χ0n) is 14.0. The lowest BCUT2D eigenvalue weighted by atomic mass is 10.0. The molecule has 2 aromatic rings. The van der Waals surface area contributed by atoms with Crippen LogP contribution in [0.2, 0.25) is 0 Å². The van der Waals surface area contributed by atoms with Crippen molar-refractivity contribution in [1.29, 1.82) is 0 Å². The van der Waals surface area contributed by atoms with E-state index in [2.05, 4.69) is 4.74 Å². The topological polar surface area (TPSA) is 107 Å². The monoisotopic (exact) mass is 351 g/mol. The van der Waals surface area contributed by atoms with Gasteiger partial charge in [0.15, 0.2) is 5.78 Å². The Morgan fingerprint density at radius 1 is 0.923 bits per heavy atom. The van der Waals surface area contributed by atoms with Crippen molar-refractivity contribution < 1.29 is 24.2 Å². The molecule has 6 nitrogen and oxygen atoms in total. The molecule has 0 saturated heterocycles. The van der Waals surface area contributed by atoms with Gasteiger partial charge in [-0.15, -0.1) is 0 Å². The summed E-state index contributed by atoms with van der Waals surface area (Å²) in [6.07, 6.45) is 3.68. The van der Waals surface area contributed by atoms with E-state index in [1.165, 1.54) is 25.3 Å². The van der Waals surface area contributed by atoms with Crippen LogP contribution in [0.4, 0.5) is 0 Å². The van der Waals surface area contributed by atoms with Crippen molar-refractivity contribution in [3.63, 3.8) is 0 Å². The van der Waals surface area contributed by atoms with Crippen LogP contribution in [-0.4, -0.2) is 29.9 Å². The van der Waals surface area contributed by atoms with Crippen LogP contribution in [0.25, 0.3) is 11.6 Å². The number of aliphatic hydroxyl groups is 1. The predicted molar refractivity (Wildman–Crippen MR) is 97.4 cm³/mol. The molecule has 0 heterocycles. The zero-order chi connectivity index (χ0) is 19.1. The molecule has 0 atom stereocenters. The minimum absolute atomic E-state index is 0.00213. The molecule has 0 unspecified atom stereocenters. The molecule has 0 spiro atoms. The molecule has 1 amide bonds. The minimum atomic E-state index is -0.735. The van der Waals surface area contributed by atoms with Crippen LogP contribution in [0.1, 0.15) is 31.8 Å². The number of carbonyl (C=O) groups is 3. The van der Waals surface area contributed by atoms with Gasteiger partial charge in [-0.05, 0) is 29.3 Å². The van der Waals surface area contributed by atoms with E-state index in [-0.39, 0.29) is 11.4 Å². The molecule has 2 aromatic carbocycles. The molecule has 132 valence electrons. The fraction of sp³-hybridized carbons (Fsp3) is 0.0500.